The minimum atomic E-state index is 0.172. The van der Waals surface area contributed by atoms with Gasteiger partial charge in [0.15, 0.2) is 0 Å². The third-order valence-corrected chi connectivity index (χ3v) is 2.53. The Labute approximate surface area is 74.8 Å². The summed E-state index contributed by atoms with van der Waals surface area (Å²) < 4.78 is 5.49. The number of hydrogen-bond donors (Lipinski definition) is 1. The SMILES string of the molecule is CCC1=COC([C@H](N)C(C)C)C1. The van der Waals surface area contributed by atoms with Crippen molar-refractivity contribution in [2.45, 2.75) is 45.8 Å². The average Bonchev–Trinajstić information content (AvgIpc) is 2.50. The van der Waals surface area contributed by atoms with E-state index in [1.54, 1.807) is 0 Å². The second-order valence-corrected chi connectivity index (χ2v) is 3.83. The predicted octanol–water partition coefficient (Wildman–Crippen LogP) is 2.05. The molecule has 0 radical (unpaired) electrons. The van der Waals surface area contributed by atoms with E-state index in [4.69, 9.17) is 10.5 Å². The molecule has 1 heterocycles. The maximum absolute atomic E-state index is 5.98. The molecule has 2 nitrogen and oxygen atoms in total. The molecule has 0 aromatic carbocycles. The molecule has 2 N–H and O–H groups in total. The molecular formula is C10H19NO. The van der Waals surface area contributed by atoms with E-state index >= 15 is 0 Å². The Morgan fingerprint density at radius 3 is 2.75 bits per heavy atom. The highest BCUT2D eigenvalue weighted by molar-refractivity contribution is 5.06. The van der Waals surface area contributed by atoms with Crippen molar-refractivity contribution in [2.75, 3.05) is 0 Å². The van der Waals surface area contributed by atoms with Gasteiger partial charge >= 0.3 is 0 Å². The van der Waals surface area contributed by atoms with Crippen LogP contribution in [0.1, 0.15) is 33.6 Å². The van der Waals surface area contributed by atoms with Crippen molar-refractivity contribution in [1.29, 1.82) is 0 Å². The molecule has 0 spiro atoms. The van der Waals surface area contributed by atoms with Crippen LogP contribution < -0.4 is 5.73 Å². The summed E-state index contributed by atoms with van der Waals surface area (Å²) in [6.45, 7) is 6.43. The fourth-order valence-electron chi connectivity index (χ4n) is 1.42. The lowest BCUT2D eigenvalue weighted by Crippen LogP contribution is -2.38. The third kappa shape index (κ3) is 2.01. The Bertz CT molecular complexity index is 175. The first kappa shape index (κ1) is 9.59. The third-order valence-electron chi connectivity index (χ3n) is 2.53. The maximum atomic E-state index is 5.98. The first-order valence-corrected chi connectivity index (χ1v) is 4.74. The van der Waals surface area contributed by atoms with Gasteiger partial charge in [0, 0.05) is 12.5 Å². The van der Waals surface area contributed by atoms with Crippen LogP contribution in [0.3, 0.4) is 0 Å². The molecule has 1 aliphatic heterocycles. The molecule has 0 saturated carbocycles. The van der Waals surface area contributed by atoms with E-state index in [-0.39, 0.29) is 12.1 Å². The highest BCUT2D eigenvalue weighted by atomic mass is 16.5. The lowest BCUT2D eigenvalue weighted by molar-refractivity contribution is 0.124. The van der Waals surface area contributed by atoms with Crippen LogP contribution >= 0.6 is 0 Å². The van der Waals surface area contributed by atoms with Crippen LogP contribution in [0.5, 0.6) is 0 Å². The quantitative estimate of drug-likeness (QED) is 0.701. The second-order valence-electron chi connectivity index (χ2n) is 3.83. The standard InChI is InChI=1S/C10H19NO/c1-4-8-5-9(12-6-8)10(11)7(2)3/h6-7,9-10H,4-5,11H2,1-3H3/t9?,10-/m1/s1. The van der Waals surface area contributed by atoms with Gasteiger partial charge in [-0.15, -0.1) is 0 Å². The lowest BCUT2D eigenvalue weighted by atomic mass is 9.95. The van der Waals surface area contributed by atoms with Gasteiger partial charge in [-0.05, 0) is 17.9 Å². The minimum absolute atomic E-state index is 0.172. The Hall–Kier alpha value is -0.500. The molecule has 1 rings (SSSR count). The van der Waals surface area contributed by atoms with Gasteiger partial charge in [0.05, 0.1) is 6.26 Å². The Morgan fingerprint density at radius 2 is 2.33 bits per heavy atom. The monoisotopic (exact) mass is 169 g/mol. The zero-order valence-corrected chi connectivity index (χ0v) is 8.21. The van der Waals surface area contributed by atoms with Crippen LogP contribution in [0, 0.1) is 5.92 Å². The molecule has 0 amide bonds. The summed E-state index contributed by atoms with van der Waals surface area (Å²) >= 11 is 0. The first-order chi connectivity index (χ1) is 5.65. The van der Waals surface area contributed by atoms with E-state index in [0.29, 0.717) is 5.92 Å². The predicted molar refractivity (Wildman–Crippen MR) is 50.7 cm³/mol. The van der Waals surface area contributed by atoms with Gasteiger partial charge in [-0.1, -0.05) is 20.8 Å². The molecule has 1 aliphatic rings. The molecule has 0 saturated heterocycles. The number of rotatable bonds is 3. The van der Waals surface area contributed by atoms with Crippen LogP contribution in [0.4, 0.5) is 0 Å². The molecule has 70 valence electrons. The van der Waals surface area contributed by atoms with Crippen molar-refractivity contribution in [3.8, 4) is 0 Å². The van der Waals surface area contributed by atoms with E-state index in [2.05, 4.69) is 20.8 Å². The van der Waals surface area contributed by atoms with Gasteiger partial charge in [-0.25, -0.2) is 0 Å². The van der Waals surface area contributed by atoms with Crippen LogP contribution in [-0.4, -0.2) is 12.1 Å². The number of hydrogen-bond acceptors (Lipinski definition) is 2. The average molecular weight is 169 g/mol. The Kier molecular flexibility index (Phi) is 3.15. The molecule has 2 atom stereocenters. The van der Waals surface area contributed by atoms with Gasteiger partial charge in [0.2, 0.25) is 0 Å². The highest BCUT2D eigenvalue weighted by Crippen LogP contribution is 2.24. The number of nitrogens with two attached hydrogens (primary N) is 1. The molecule has 0 aliphatic carbocycles. The minimum Gasteiger partial charge on any atom is -0.496 e. The van der Waals surface area contributed by atoms with E-state index in [9.17, 15) is 0 Å². The van der Waals surface area contributed by atoms with Crippen molar-refractivity contribution in [3.05, 3.63) is 11.8 Å². The van der Waals surface area contributed by atoms with Crippen LogP contribution in [0.15, 0.2) is 11.8 Å². The maximum Gasteiger partial charge on any atom is 0.117 e. The van der Waals surface area contributed by atoms with E-state index < -0.39 is 0 Å². The smallest absolute Gasteiger partial charge is 0.117 e. The van der Waals surface area contributed by atoms with E-state index in [1.807, 2.05) is 6.26 Å². The zero-order valence-electron chi connectivity index (χ0n) is 8.21. The lowest BCUT2D eigenvalue weighted by Gasteiger charge is -2.22. The Morgan fingerprint density at radius 1 is 1.67 bits per heavy atom. The molecule has 0 aromatic heterocycles. The normalized spacial score (nSPS) is 25.4. The second kappa shape index (κ2) is 3.94. The van der Waals surface area contributed by atoms with E-state index in [1.165, 1.54) is 5.57 Å². The van der Waals surface area contributed by atoms with Crippen molar-refractivity contribution < 1.29 is 4.74 Å². The van der Waals surface area contributed by atoms with Crippen LogP contribution in [0.2, 0.25) is 0 Å². The van der Waals surface area contributed by atoms with Gasteiger partial charge in [-0.3, -0.25) is 0 Å². The molecule has 12 heavy (non-hydrogen) atoms. The summed E-state index contributed by atoms with van der Waals surface area (Å²) in [5.41, 5.74) is 7.37. The molecule has 0 aromatic rings. The van der Waals surface area contributed by atoms with E-state index in [0.717, 1.165) is 12.8 Å². The van der Waals surface area contributed by atoms with Crippen molar-refractivity contribution in [3.63, 3.8) is 0 Å². The van der Waals surface area contributed by atoms with Crippen molar-refractivity contribution in [1.82, 2.24) is 0 Å². The van der Waals surface area contributed by atoms with Crippen molar-refractivity contribution >= 4 is 0 Å². The van der Waals surface area contributed by atoms with Gasteiger partial charge in [0.1, 0.15) is 6.10 Å². The molecule has 1 unspecified atom stereocenters. The van der Waals surface area contributed by atoms with Gasteiger partial charge in [-0.2, -0.15) is 0 Å². The number of ether oxygens (including phenoxy) is 1. The zero-order chi connectivity index (χ0) is 9.14. The molecular weight excluding hydrogens is 150 g/mol. The topological polar surface area (TPSA) is 35.2 Å². The summed E-state index contributed by atoms with van der Waals surface area (Å²) in [5, 5.41) is 0. The van der Waals surface area contributed by atoms with Crippen LogP contribution in [0.25, 0.3) is 0 Å². The fourth-order valence-corrected chi connectivity index (χ4v) is 1.42. The Balaban J connectivity index is 2.40. The summed E-state index contributed by atoms with van der Waals surface area (Å²) in [6, 6.07) is 0.172. The largest absolute Gasteiger partial charge is 0.496 e. The first-order valence-electron chi connectivity index (χ1n) is 4.74. The van der Waals surface area contributed by atoms with Crippen molar-refractivity contribution in [2.24, 2.45) is 11.7 Å². The van der Waals surface area contributed by atoms with Gasteiger partial charge < -0.3 is 10.5 Å². The summed E-state index contributed by atoms with van der Waals surface area (Å²) in [6.07, 6.45) is 4.21. The summed E-state index contributed by atoms with van der Waals surface area (Å²) in [7, 11) is 0. The summed E-state index contributed by atoms with van der Waals surface area (Å²) in [4.78, 5) is 0. The molecule has 0 bridgehead atoms. The summed E-state index contributed by atoms with van der Waals surface area (Å²) in [5.74, 6) is 0.500. The highest BCUT2D eigenvalue weighted by Gasteiger charge is 2.25. The van der Waals surface area contributed by atoms with Crippen LogP contribution in [-0.2, 0) is 4.74 Å². The van der Waals surface area contributed by atoms with Gasteiger partial charge in [0.25, 0.3) is 0 Å². The molecule has 0 fully saturated rings. The molecule has 2 heteroatoms. The fraction of sp³-hybridized carbons (Fsp3) is 0.800.